The van der Waals surface area contributed by atoms with Crippen LogP contribution in [-0.2, 0) is 4.74 Å². The van der Waals surface area contributed by atoms with Crippen LogP contribution in [0.4, 0.5) is 4.79 Å². The Balaban J connectivity index is 1.91. The summed E-state index contributed by atoms with van der Waals surface area (Å²) in [6.07, 6.45) is 4.56. The summed E-state index contributed by atoms with van der Waals surface area (Å²) in [6.45, 7) is 0.474. The van der Waals surface area contributed by atoms with Gasteiger partial charge in [0.15, 0.2) is 0 Å². The Morgan fingerprint density at radius 1 is 1.41 bits per heavy atom. The highest BCUT2D eigenvalue weighted by molar-refractivity contribution is 6.30. The Morgan fingerprint density at radius 3 is 2.73 bits per heavy atom. The van der Waals surface area contributed by atoms with Gasteiger partial charge in [0.2, 0.25) is 0 Å². The van der Waals surface area contributed by atoms with Crippen LogP contribution >= 0.6 is 11.6 Å². The maximum absolute atomic E-state index is 12.1. The lowest BCUT2D eigenvalue weighted by Gasteiger charge is -2.20. The standard InChI is InChI=1S/C16H21ClN2O3/c1-22-10-15(12-3-5-13(17)6-4-12)19-16(21)18-14-7-2-11(8-14)9-20/h2-7,11,14-15,20H,8-10H2,1H3,(H2,18,19,21)/t11-,14+,15-/m0/s1. The van der Waals surface area contributed by atoms with E-state index in [-0.39, 0.29) is 30.6 Å². The highest BCUT2D eigenvalue weighted by Gasteiger charge is 2.21. The molecule has 6 heteroatoms. The van der Waals surface area contributed by atoms with Crippen molar-refractivity contribution >= 4 is 17.6 Å². The number of amides is 2. The number of hydrogen-bond acceptors (Lipinski definition) is 3. The number of benzene rings is 1. The average molecular weight is 325 g/mol. The molecule has 0 aliphatic heterocycles. The van der Waals surface area contributed by atoms with Crippen LogP contribution in [0.2, 0.25) is 5.02 Å². The van der Waals surface area contributed by atoms with Gasteiger partial charge in [-0.25, -0.2) is 4.79 Å². The molecule has 2 rings (SSSR count). The van der Waals surface area contributed by atoms with Gasteiger partial charge >= 0.3 is 6.03 Å². The zero-order chi connectivity index (χ0) is 15.9. The number of carbonyl (C=O) groups is 1. The number of carbonyl (C=O) groups excluding carboxylic acids is 1. The first-order valence-corrected chi connectivity index (χ1v) is 7.60. The molecule has 0 saturated carbocycles. The zero-order valence-corrected chi connectivity index (χ0v) is 13.2. The number of aliphatic hydroxyl groups excluding tert-OH is 1. The molecule has 0 fully saturated rings. The van der Waals surface area contributed by atoms with E-state index in [9.17, 15) is 4.79 Å². The fourth-order valence-electron chi connectivity index (χ4n) is 2.47. The molecule has 0 unspecified atom stereocenters. The van der Waals surface area contributed by atoms with Gasteiger partial charge in [0.05, 0.1) is 12.6 Å². The van der Waals surface area contributed by atoms with Gasteiger partial charge < -0.3 is 20.5 Å². The van der Waals surface area contributed by atoms with Crippen LogP contribution in [0.3, 0.4) is 0 Å². The molecule has 3 atom stereocenters. The van der Waals surface area contributed by atoms with Gasteiger partial charge in [-0.1, -0.05) is 35.9 Å². The SMILES string of the molecule is COC[C@H](NC(=O)N[C@@H]1C=C[C@H](CO)C1)c1ccc(Cl)cc1. The minimum Gasteiger partial charge on any atom is -0.396 e. The first-order valence-electron chi connectivity index (χ1n) is 7.23. The summed E-state index contributed by atoms with van der Waals surface area (Å²) in [5.74, 6) is 0.122. The van der Waals surface area contributed by atoms with E-state index >= 15 is 0 Å². The van der Waals surface area contributed by atoms with E-state index in [0.29, 0.717) is 11.6 Å². The van der Waals surface area contributed by atoms with Gasteiger partial charge in [-0.3, -0.25) is 0 Å². The second kappa shape index (κ2) is 8.17. The molecule has 0 aromatic heterocycles. The minimum absolute atomic E-state index is 0.0504. The largest absolute Gasteiger partial charge is 0.396 e. The van der Waals surface area contributed by atoms with Crippen molar-refractivity contribution in [2.75, 3.05) is 20.3 Å². The molecule has 0 bridgehead atoms. The lowest BCUT2D eigenvalue weighted by atomic mass is 10.1. The monoisotopic (exact) mass is 324 g/mol. The van der Waals surface area contributed by atoms with Crippen molar-refractivity contribution < 1.29 is 14.6 Å². The summed E-state index contributed by atoms with van der Waals surface area (Å²) >= 11 is 5.88. The summed E-state index contributed by atoms with van der Waals surface area (Å²) in [5, 5.41) is 15.5. The molecule has 120 valence electrons. The van der Waals surface area contributed by atoms with Crippen LogP contribution in [0.5, 0.6) is 0 Å². The molecule has 1 aromatic rings. The van der Waals surface area contributed by atoms with E-state index in [1.807, 2.05) is 24.3 Å². The quantitative estimate of drug-likeness (QED) is 0.703. The maximum Gasteiger partial charge on any atom is 0.315 e. The molecule has 1 aliphatic carbocycles. The number of ether oxygens (including phenoxy) is 1. The van der Waals surface area contributed by atoms with Crippen LogP contribution in [0.15, 0.2) is 36.4 Å². The molecular weight excluding hydrogens is 304 g/mol. The van der Waals surface area contributed by atoms with E-state index in [4.69, 9.17) is 21.4 Å². The van der Waals surface area contributed by atoms with Crippen molar-refractivity contribution in [1.82, 2.24) is 10.6 Å². The summed E-state index contributed by atoms with van der Waals surface area (Å²) < 4.78 is 5.17. The average Bonchev–Trinajstić information content (AvgIpc) is 2.95. The van der Waals surface area contributed by atoms with Gasteiger partial charge in [0.25, 0.3) is 0 Å². The van der Waals surface area contributed by atoms with Gasteiger partial charge in [0, 0.05) is 30.7 Å². The Labute approximate surface area is 135 Å². The molecule has 5 nitrogen and oxygen atoms in total. The third-order valence-corrected chi connectivity index (χ3v) is 3.89. The topological polar surface area (TPSA) is 70.6 Å². The van der Waals surface area contributed by atoms with Crippen molar-refractivity contribution in [2.24, 2.45) is 5.92 Å². The van der Waals surface area contributed by atoms with Crippen LogP contribution in [-0.4, -0.2) is 37.5 Å². The number of aliphatic hydroxyl groups is 1. The third-order valence-electron chi connectivity index (χ3n) is 3.63. The lowest BCUT2D eigenvalue weighted by Crippen LogP contribution is -2.43. The van der Waals surface area contributed by atoms with E-state index in [1.165, 1.54) is 0 Å². The van der Waals surface area contributed by atoms with E-state index < -0.39 is 0 Å². The van der Waals surface area contributed by atoms with E-state index in [1.54, 1.807) is 19.2 Å². The smallest absolute Gasteiger partial charge is 0.315 e. The Kier molecular flexibility index (Phi) is 6.24. The summed E-state index contributed by atoms with van der Waals surface area (Å²) in [4.78, 5) is 12.1. The highest BCUT2D eigenvalue weighted by Crippen LogP contribution is 2.18. The number of nitrogens with one attached hydrogen (secondary N) is 2. The lowest BCUT2D eigenvalue weighted by molar-refractivity contribution is 0.165. The second-order valence-corrected chi connectivity index (χ2v) is 5.78. The summed E-state index contributed by atoms with van der Waals surface area (Å²) in [7, 11) is 1.59. The van der Waals surface area contributed by atoms with Gasteiger partial charge in [-0.15, -0.1) is 0 Å². The van der Waals surface area contributed by atoms with Crippen LogP contribution < -0.4 is 10.6 Å². The molecule has 0 spiro atoms. The Morgan fingerprint density at radius 2 is 2.14 bits per heavy atom. The third kappa shape index (κ3) is 4.73. The van der Waals surface area contributed by atoms with Crippen molar-refractivity contribution in [3.63, 3.8) is 0 Å². The number of halogens is 1. The van der Waals surface area contributed by atoms with Crippen LogP contribution in [0.25, 0.3) is 0 Å². The number of methoxy groups -OCH3 is 1. The first-order chi connectivity index (χ1) is 10.6. The molecule has 1 aliphatic rings. The molecule has 3 N–H and O–H groups in total. The summed E-state index contributed by atoms with van der Waals surface area (Å²) in [5.41, 5.74) is 0.927. The van der Waals surface area contributed by atoms with Crippen molar-refractivity contribution in [3.05, 3.63) is 47.0 Å². The molecule has 22 heavy (non-hydrogen) atoms. The predicted molar refractivity (Wildman–Crippen MR) is 85.9 cm³/mol. The molecule has 1 aromatic carbocycles. The highest BCUT2D eigenvalue weighted by atomic mass is 35.5. The van der Waals surface area contributed by atoms with Crippen LogP contribution in [0.1, 0.15) is 18.0 Å². The normalized spacial score (nSPS) is 21.6. The fourth-order valence-corrected chi connectivity index (χ4v) is 2.59. The molecule has 2 amide bonds. The number of urea groups is 1. The number of hydrogen-bond donors (Lipinski definition) is 3. The first kappa shape index (κ1) is 16.8. The predicted octanol–water partition coefficient (Wildman–Crippen LogP) is 2.26. The molecule has 0 radical (unpaired) electrons. The van der Waals surface area contributed by atoms with Crippen molar-refractivity contribution in [1.29, 1.82) is 0 Å². The Hall–Kier alpha value is -1.56. The zero-order valence-electron chi connectivity index (χ0n) is 12.5. The summed E-state index contributed by atoms with van der Waals surface area (Å²) in [6, 6.07) is 6.74. The minimum atomic E-state index is -0.259. The van der Waals surface area contributed by atoms with Crippen molar-refractivity contribution in [2.45, 2.75) is 18.5 Å². The van der Waals surface area contributed by atoms with Gasteiger partial charge in [-0.2, -0.15) is 0 Å². The number of rotatable bonds is 6. The van der Waals surface area contributed by atoms with Crippen molar-refractivity contribution in [3.8, 4) is 0 Å². The van der Waals surface area contributed by atoms with E-state index in [0.717, 1.165) is 12.0 Å². The van der Waals surface area contributed by atoms with Gasteiger partial charge in [0.1, 0.15) is 0 Å². The van der Waals surface area contributed by atoms with E-state index in [2.05, 4.69) is 10.6 Å². The van der Waals surface area contributed by atoms with Gasteiger partial charge in [-0.05, 0) is 24.1 Å². The molecule has 0 heterocycles. The second-order valence-electron chi connectivity index (χ2n) is 5.35. The van der Waals surface area contributed by atoms with Crippen LogP contribution in [0, 0.1) is 5.92 Å². The molecule has 0 saturated heterocycles. The Bertz CT molecular complexity index is 519. The maximum atomic E-state index is 12.1. The fraction of sp³-hybridized carbons (Fsp3) is 0.438. The molecular formula is C16H21ClN2O3.